The summed E-state index contributed by atoms with van der Waals surface area (Å²) in [5.41, 5.74) is 0.621. The van der Waals surface area contributed by atoms with Crippen molar-refractivity contribution < 1.29 is 24.2 Å². The number of carbonyl (C=O) groups is 2. The summed E-state index contributed by atoms with van der Waals surface area (Å²) in [7, 11) is 0. The predicted molar refractivity (Wildman–Crippen MR) is 89.0 cm³/mol. The molecule has 2 rings (SSSR count). The van der Waals surface area contributed by atoms with Crippen molar-refractivity contribution in [2.24, 2.45) is 0 Å². The van der Waals surface area contributed by atoms with Gasteiger partial charge in [0.05, 0.1) is 19.8 Å². The second kappa shape index (κ2) is 8.43. The maximum absolute atomic E-state index is 12.0. The molecule has 1 aromatic rings. The number of aryl methyl sites for hydroxylation is 1. The summed E-state index contributed by atoms with van der Waals surface area (Å²) in [4.78, 5) is 23.9. The number of aliphatic hydroxyl groups excluding tert-OH is 1. The molecule has 24 heavy (non-hydrogen) atoms. The largest absolute Gasteiger partial charge is 0.394 e. The van der Waals surface area contributed by atoms with Gasteiger partial charge in [0, 0.05) is 30.3 Å². The Morgan fingerprint density at radius 3 is 2.83 bits per heavy atom. The fourth-order valence-corrected chi connectivity index (χ4v) is 2.52. The van der Waals surface area contributed by atoms with Crippen molar-refractivity contribution in [1.29, 1.82) is 0 Å². The summed E-state index contributed by atoms with van der Waals surface area (Å²) < 4.78 is 10.9. The van der Waals surface area contributed by atoms with Crippen LogP contribution < -0.4 is 10.6 Å². The number of nitrogens with one attached hydrogen (secondary N) is 2. The number of ether oxygens (including phenoxy) is 2. The highest BCUT2D eigenvalue weighted by molar-refractivity contribution is 6.39. The minimum Gasteiger partial charge on any atom is -0.394 e. The number of hydrogen-bond acceptors (Lipinski definition) is 5. The van der Waals surface area contributed by atoms with E-state index >= 15 is 0 Å². The third-order valence-corrected chi connectivity index (χ3v) is 4.18. The number of anilines is 1. The molecule has 1 fully saturated rings. The molecule has 132 valence electrons. The first-order valence-electron chi connectivity index (χ1n) is 7.64. The van der Waals surface area contributed by atoms with Gasteiger partial charge in [0.25, 0.3) is 0 Å². The summed E-state index contributed by atoms with van der Waals surface area (Å²) in [6.45, 7) is 2.82. The molecule has 1 aliphatic rings. The lowest BCUT2D eigenvalue weighted by molar-refractivity contribution is -0.137. The first kappa shape index (κ1) is 18.7. The molecular formula is C16H21ClN2O5. The van der Waals surface area contributed by atoms with E-state index in [9.17, 15) is 9.59 Å². The summed E-state index contributed by atoms with van der Waals surface area (Å²) in [5.74, 6) is -1.56. The summed E-state index contributed by atoms with van der Waals surface area (Å²) in [6, 6.07) is 5.01. The van der Waals surface area contributed by atoms with E-state index in [1.54, 1.807) is 18.2 Å². The van der Waals surface area contributed by atoms with Gasteiger partial charge in [-0.25, -0.2) is 0 Å². The van der Waals surface area contributed by atoms with Crippen LogP contribution in [0.3, 0.4) is 0 Å². The predicted octanol–water partition coefficient (Wildman–Crippen LogP) is 0.871. The van der Waals surface area contributed by atoms with Crippen LogP contribution in [-0.4, -0.2) is 55.5 Å². The number of rotatable bonds is 6. The van der Waals surface area contributed by atoms with Crippen molar-refractivity contribution in [3.63, 3.8) is 0 Å². The lowest BCUT2D eigenvalue weighted by Gasteiger charge is -2.27. The number of carbonyl (C=O) groups excluding carboxylic acids is 2. The van der Waals surface area contributed by atoms with E-state index in [-0.39, 0.29) is 19.8 Å². The lowest BCUT2D eigenvalue weighted by Crippen LogP contribution is -2.48. The van der Waals surface area contributed by atoms with Gasteiger partial charge in [0.2, 0.25) is 0 Å². The van der Waals surface area contributed by atoms with Gasteiger partial charge in [-0.3, -0.25) is 9.59 Å². The maximum Gasteiger partial charge on any atom is 0.313 e. The Hall–Kier alpha value is -1.67. The quantitative estimate of drug-likeness (QED) is 0.657. The lowest BCUT2D eigenvalue weighted by atomic mass is 10.0. The topological polar surface area (TPSA) is 96.9 Å². The summed E-state index contributed by atoms with van der Waals surface area (Å²) >= 11 is 5.99. The van der Waals surface area contributed by atoms with E-state index in [0.29, 0.717) is 30.3 Å². The highest BCUT2D eigenvalue weighted by Gasteiger charge is 2.36. The molecule has 1 heterocycles. The number of amides is 2. The number of hydrogen-bond donors (Lipinski definition) is 3. The highest BCUT2D eigenvalue weighted by Crippen LogP contribution is 2.22. The maximum atomic E-state index is 12.0. The molecule has 0 aromatic heterocycles. The van der Waals surface area contributed by atoms with Gasteiger partial charge in [-0.05, 0) is 24.6 Å². The van der Waals surface area contributed by atoms with E-state index in [1.807, 2.05) is 6.92 Å². The molecular weight excluding hydrogens is 336 g/mol. The third kappa shape index (κ3) is 4.91. The average Bonchev–Trinajstić information content (AvgIpc) is 3.03. The van der Waals surface area contributed by atoms with Crippen molar-refractivity contribution >= 4 is 29.1 Å². The molecule has 2 amide bonds. The van der Waals surface area contributed by atoms with Crippen LogP contribution in [0.15, 0.2) is 18.2 Å². The average molecular weight is 357 g/mol. The van der Waals surface area contributed by atoms with E-state index in [2.05, 4.69) is 10.6 Å². The second-order valence-electron chi connectivity index (χ2n) is 5.66. The zero-order chi connectivity index (χ0) is 17.6. The summed E-state index contributed by atoms with van der Waals surface area (Å²) in [6.07, 6.45) is 0.586. The SMILES string of the molecule is Cc1ccc(NC(=O)C(=O)NCC2(OCCO)CCOC2)cc1Cl. The first-order chi connectivity index (χ1) is 11.5. The minimum absolute atomic E-state index is 0.121. The normalized spacial score (nSPS) is 20.0. The van der Waals surface area contributed by atoms with Crippen molar-refractivity contribution in [2.75, 3.05) is 38.3 Å². The van der Waals surface area contributed by atoms with Gasteiger partial charge in [0.1, 0.15) is 5.60 Å². The molecule has 0 bridgehead atoms. The van der Waals surface area contributed by atoms with E-state index in [4.69, 9.17) is 26.2 Å². The Morgan fingerprint density at radius 1 is 1.42 bits per heavy atom. The van der Waals surface area contributed by atoms with Crippen LogP contribution in [0.2, 0.25) is 5.02 Å². The smallest absolute Gasteiger partial charge is 0.313 e. The van der Waals surface area contributed by atoms with Crippen LogP contribution in [0.25, 0.3) is 0 Å². The molecule has 1 unspecified atom stereocenters. The Balaban J connectivity index is 1.88. The van der Waals surface area contributed by atoms with Crippen molar-refractivity contribution in [3.05, 3.63) is 28.8 Å². The molecule has 0 radical (unpaired) electrons. The number of halogens is 1. The van der Waals surface area contributed by atoms with Gasteiger partial charge >= 0.3 is 11.8 Å². The van der Waals surface area contributed by atoms with Gasteiger partial charge in [0.15, 0.2) is 0 Å². The molecule has 7 nitrogen and oxygen atoms in total. The third-order valence-electron chi connectivity index (χ3n) is 3.77. The zero-order valence-corrected chi connectivity index (χ0v) is 14.2. The fourth-order valence-electron chi connectivity index (χ4n) is 2.34. The Kier molecular flexibility index (Phi) is 6.56. The number of aliphatic hydroxyl groups is 1. The van der Waals surface area contributed by atoms with E-state index in [0.717, 1.165) is 5.56 Å². The molecule has 1 aromatic carbocycles. The molecule has 1 saturated heterocycles. The van der Waals surface area contributed by atoms with Gasteiger partial charge < -0.3 is 25.2 Å². The Morgan fingerprint density at radius 2 is 2.21 bits per heavy atom. The zero-order valence-electron chi connectivity index (χ0n) is 13.4. The monoisotopic (exact) mass is 356 g/mol. The molecule has 1 atom stereocenters. The number of benzene rings is 1. The van der Waals surface area contributed by atoms with Gasteiger partial charge in [-0.1, -0.05) is 17.7 Å². The van der Waals surface area contributed by atoms with E-state index < -0.39 is 17.4 Å². The van der Waals surface area contributed by atoms with E-state index in [1.165, 1.54) is 0 Å². The van der Waals surface area contributed by atoms with Crippen molar-refractivity contribution in [1.82, 2.24) is 5.32 Å². The molecule has 1 aliphatic heterocycles. The first-order valence-corrected chi connectivity index (χ1v) is 8.01. The second-order valence-corrected chi connectivity index (χ2v) is 6.07. The fraction of sp³-hybridized carbons (Fsp3) is 0.500. The minimum atomic E-state index is -0.786. The summed E-state index contributed by atoms with van der Waals surface area (Å²) in [5, 5.41) is 14.4. The van der Waals surface area contributed by atoms with Crippen LogP contribution in [0.1, 0.15) is 12.0 Å². The highest BCUT2D eigenvalue weighted by atomic mass is 35.5. The molecule has 8 heteroatoms. The van der Waals surface area contributed by atoms with Crippen LogP contribution in [-0.2, 0) is 19.1 Å². The molecule has 0 saturated carbocycles. The van der Waals surface area contributed by atoms with Crippen LogP contribution in [0.5, 0.6) is 0 Å². The van der Waals surface area contributed by atoms with Gasteiger partial charge in [-0.2, -0.15) is 0 Å². The van der Waals surface area contributed by atoms with Crippen LogP contribution >= 0.6 is 11.6 Å². The van der Waals surface area contributed by atoms with Crippen LogP contribution in [0, 0.1) is 6.92 Å². The van der Waals surface area contributed by atoms with Crippen molar-refractivity contribution in [2.45, 2.75) is 18.9 Å². The van der Waals surface area contributed by atoms with Crippen molar-refractivity contribution in [3.8, 4) is 0 Å². The van der Waals surface area contributed by atoms with Crippen LogP contribution in [0.4, 0.5) is 5.69 Å². The Labute approximate surface area is 145 Å². The molecule has 3 N–H and O–H groups in total. The molecule has 0 spiro atoms. The standard InChI is InChI=1S/C16H21ClN2O5/c1-11-2-3-12(8-13(11)17)19-15(22)14(21)18-9-16(24-7-5-20)4-6-23-10-16/h2-3,8,20H,4-7,9-10H2,1H3,(H,18,21)(H,19,22). The van der Waals surface area contributed by atoms with Gasteiger partial charge in [-0.15, -0.1) is 0 Å². The Bertz CT molecular complexity index is 602. The molecule has 0 aliphatic carbocycles.